The molecule has 0 aliphatic rings. The van der Waals surface area contributed by atoms with E-state index >= 15 is 0 Å². The fourth-order valence-corrected chi connectivity index (χ4v) is 1.67. The van der Waals surface area contributed by atoms with Crippen molar-refractivity contribution >= 4 is 0 Å². The topological polar surface area (TPSA) is 40.7 Å². The van der Waals surface area contributed by atoms with Crippen LogP contribution < -0.4 is 5.32 Å². The summed E-state index contributed by atoms with van der Waals surface area (Å²) < 4.78 is 12.8. The highest BCUT2D eigenvalue weighted by molar-refractivity contribution is 5.63. The van der Waals surface area contributed by atoms with Gasteiger partial charge in [0.15, 0.2) is 0 Å². The molecule has 0 saturated carbocycles. The SMILES string of the molecule is CNCc1[nH]nc(-c2ccc(F)cc2)c1C. The average Bonchev–Trinajstić information content (AvgIpc) is 2.63. The molecule has 0 unspecified atom stereocenters. The number of hydrogen-bond acceptors (Lipinski definition) is 2. The van der Waals surface area contributed by atoms with Crippen LogP contribution in [0.15, 0.2) is 24.3 Å². The van der Waals surface area contributed by atoms with Crippen LogP contribution in [0.2, 0.25) is 0 Å². The highest BCUT2D eigenvalue weighted by Crippen LogP contribution is 2.23. The second-order valence-corrected chi connectivity index (χ2v) is 3.71. The normalized spacial score (nSPS) is 10.7. The van der Waals surface area contributed by atoms with Gasteiger partial charge in [-0.15, -0.1) is 0 Å². The molecule has 1 aromatic carbocycles. The first kappa shape index (κ1) is 10.8. The number of nitrogens with one attached hydrogen (secondary N) is 2. The summed E-state index contributed by atoms with van der Waals surface area (Å²) in [4.78, 5) is 0. The van der Waals surface area contributed by atoms with Gasteiger partial charge in [0.1, 0.15) is 5.82 Å². The number of nitrogens with zero attached hydrogens (tertiary/aromatic N) is 1. The lowest BCUT2D eigenvalue weighted by molar-refractivity contribution is 0.628. The van der Waals surface area contributed by atoms with Crippen LogP contribution in [0.1, 0.15) is 11.3 Å². The maximum Gasteiger partial charge on any atom is 0.123 e. The molecule has 0 amide bonds. The van der Waals surface area contributed by atoms with E-state index in [-0.39, 0.29) is 5.82 Å². The number of aromatic amines is 1. The maximum absolute atomic E-state index is 12.8. The Hall–Kier alpha value is -1.68. The maximum atomic E-state index is 12.8. The van der Waals surface area contributed by atoms with Crippen molar-refractivity contribution in [3.63, 3.8) is 0 Å². The van der Waals surface area contributed by atoms with Gasteiger partial charge < -0.3 is 5.32 Å². The molecule has 1 heterocycles. The molecule has 0 aliphatic heterocycles. The van der Waals surface area contributed by atoms with Gasteiger partial charge in [0.2, 0.25) is 0 Å². The lowest BCUT2D eigenvalue weighted by Gasteiger charge is -2.00. The molecule has 84 valence electrons. The molecular formula is C12H14FN3. The number of H-pyrrole nitrogens is 1. The van der Waals surface area contributed by atoms with Crippen molar-refractivity contribution < 1.29 is 4.39 Å². The number of halogens is 1. The van der Waals surface area contributed by atoms with Crippen molar-refractivity contribution in [2.75, 3.05) is 7.05 Å². The van der Waals surface area contributed by atoms with Gasteiger partial charge >= 0.3 is 0 Å². The highest BCUT2D eigenvalue weighted by atomic mass is 19.1. The summed E-state index contributed by atoms with van der Waals surface area (Å²) >= 11 is 0. The molecule has 0 atom stereocenters. The molecule has 2 aromatic rings. The van der Waals surface area contributed by atoms with Crippen LogP contribution in [0.25, 0.3) is 11.3 Å². The van der Waals surface area contributed by atoms with Crippen molar-refractivity contribution in [2.24, 2.45) is 0 Å². The highest BCUT2D eigenvalue weighted by Gasteiger charge is 2.09. The van der Waals surface area contributed by atoms with Crippen molar-refractivity contribution in [2.45, 2.75) is 13.5 Å². The van der Waals surface area contributed by atoms with E-state index in [2.05, 4.69) is 15.5 Å². The number of hydrogen-bond donors (Lipinski definition) is 2. The van der Waals surface area contributed by atoms with Crippen LogP contribution in [0.3, 0.4) is 0 Å². The zero-order valence-electron chi connectivity index (χ0n) is 9.34. The van der Waals surface area contributed by atoms with E-state index in [1.807, 2.05) is 14.0 Å². The molecule has 2 rings (SSSR count). The van der Waals surface area contributed by atoms with Crippen molar-refractivity contribution in [1.82, 2.24) is 15.5 Å². The quantitative estimate of drug-likeness (QED) is 0.831. The molecule has 2 N–H and O–H groups in total. The predicted molar refractivity (Wildman–Crippen MR) is 61.5 cm³/mol. The van der Waals surface area contributed by atoms with Gasteiger partial charge in [-0.3, -0.25) is 5.10 Å². The zero-order chi connectivity index (χ0) is 11.5. The Morgan fingerprint density at radius 2 is 2.00 bits per heavy atom. The molecule has 0 bridgehead atoms. The first-order chi connectivity index (χ1) is 7.72. The zero-order valence-corrected chi connectivity index (χ0v) is 9.34. The van der Waals surface area contributed by atoms with Crippen LogP contribution in [-0.2, 0) is 6.54 Å². The van der Waals surface area contributed by atoms with Gasteiger partial charge in [-0.25, -0.2) is 4.39 Å². The number of aromatic nitrogens is 2. The fourth-order valence-electron chi connectivity index (χ4n) is 1.67. The van der Waals surface area contributed by atoms with Crippen molar-refractivity contribution in [3.8, 4) is 11.3 Å². The van der Waals surface area contributed by atoms with E-state index in [9.17, 15) is 4.39 Å². The Labute approximate surface area is 93.7 Å². The second-order valence-electron chi connectivity index (χ2n) is 3.71. The van der Waals surface area contributed by atoms with E-state index in [1.165, 1.54) is 12.1 Å². The Morgan fingerprint density at radius 1 is 1.31 bits per heavy atom. The monoisotopic (exact) mass is 219 g/mol. The summed E-state index contributed by atoms with van der Waals surface area (Å²) in [6.07, 6.45) is 0. The molecule has 0 radical (unpaired) electrons. The minimum atomic E-state index is -0.229. The molecule has 0 spiro atoms. The molecular weight excluding hydrogens is 205 g/mol. The summed E-state index contributed by atoms with van der Waals surface area (Å²) in [5.41, 5.74) is 3.96. The second kappa shape index (κ2) is 4.45. The fraction of sp³-hybridized carbons (Fsp3) is 0.250. The van der Waals surface area contributed by atoms with E-state index in [0.717, 1.165) is 29.1 Å². The van der Waals surface area contributed by atoms with E-state index < -0.39 is 0 Å². The third-order valence-corrected chi connectivity index (χ3v) is 2.58. The molecule has 0 aliphatic carbocycles. The standard InChI is InChI=1S/C12H14FN3/c1-8-11(7-14-2)15-16-12(8)9-3-5-10(13)6-4-9/h3-6,14H,7H2,1-2H3,(H,15,16). The first-order valence-electron chi connectivity index (χ1n) is 5.16. The summed E-state index contributed by atoms with van der Waals surface area (Å²) in [5.74, 6) is -0.229. The number of rotatable bonds is 3. The minimum Gasteiger partial charge on any atom is -0.314 e. The van der Waals surface area contributed by atoms with Crippen LogP contribution in [0, 0.1) is 12.7 Å². The van der Waals surface area contributed by atoms with Gasteiger partial charge in [0.05, 0.1) is 11.4 Å². The molecule has 0 fully saturated rings. The van der Waals surface area contributed by atoms with Gasteiger partial charge in [-0.1, -0.05) is 0 Å². The Morgan fingerprint density at radius 3 is 2.62 bits per heavy atom. The van der Waals surface area contributed by atoms with Crippen molar-refractivity contribution in [3.05, 3.63) is 41.3 Å². The molecule has 4 heteroatoms. The van der Waals surface area contributed by atoms with Gasteiger partial charge in [0, 0.05) is 12.1 Å². The Balaban J connectivity index is 2.37. The molecule has 3 nitrogen and oxygen atoms in total. The largest absolute Gasteiger partial charge is 0.314 e. The van der Waals surface area contributed by atoms with Gasteiger partial charge in [-0.05, 0) is 43.8 Å². The summed E-state index contributed by atoms with van der Waals surface area (Å²) in [6, 6.07) is 6.37. The van der Waals surface area contributed by atoms with Gasteiger partial charge in [-0.2, -0.15) is 5.10 Å². The van der Waals surface area contributed by atoms with E-state index in [0.29, 0.717) is 0 Å². The van der Waals surface area contributed by atoms with Crippen LogP contribution in [-0.4, -0.2) is 17.2 Å². The van der Waals surface area contributed by atoms with E-state index in [4.69, 9.17) is 0 Å². The minimum absolute atomic E-state index is 0.229. The lowest BCUT2D eigenvalue weighted by Crippen LogP contribution is -2.06. The average molecular weight is 219 g/mol. The molecule has 16 heavy (non-hydrogen) atoms. The third kappa shape index (κ3) is 1.97. The summed E-state index contributed by atoms with van der Waals surface area (Å²) in [6.45, 7) is 2.76. The molecule has 0 saturated heterocycles. The first-order valence-corrected chi connectivity index (χ1v) is 5.16. The summed E-state index contributed by atoms with van der Waals surface area (Å²) in [7, 11) is 1.89. The van der Waals surface area contributed by atoms with E-state index in [1.54, 1.807) is 12.1 Å². The van der Waals surface area contributed by atoms with Gasteiger partial charge in [0.25, 0.3) is 0 Å². The smallest absolute Gasteiger partial charge is 0.123 e. The third-order valence-electron chi connectivity index (χ3n) is 2.58. The van der Waals surface area contributed by atoms with Crippen molar-refractivity contribution in [1.29, 1.82) is 0 Å². The lowest BCUT2D eigenvalue weighted by atomic mass is 10.1. The summed E-state index contributed by atoms with van der Waals surface area (Å²) in [5, 5.41) is 10.3. The predicted octanol–water partition coefficient (Wildman–Crippen LogP) is 2.24. The number of benzene rings is 1. The van der Waals surface area contributed by atoms with Crippen LogP contribution in [0.4, 0.5) is 4.39 Å². The van der Waals surface area contributed by atoms with Crippen LogP contribution >= 0.6 is 0 Å². The molecule has 1 aromatic heterocycles. The Kier molecular flexibility index (Phi) is 3.01. The van der Waals surface area contributed by atoms with Crippen LogP contribution in [0.5, 0.6) is 0 Å². The Bertz CT molecular complexity index is 474.